The van der Waals surface area contributed by atoms with E-state index in [1.165, 1.54) is 0 Å². The summed E-state index contributed by atoms with van der Waals surface area (Å²) in [6, 6.07) is 7.03. The summed E-state index contributed by atoms with van der Waals surface area (Å²) < 4.78 is 10.00. The number of ether oxygens (including phenoxy) is 2. The lowest BCUT2D eigenvalue weighted by Crippen LogP contribution is -2.40. The summed E-state index contributed by atoms with van der Waals surface area (Å²) in [5.41, 5.74) is -0.253. The van der Waals surface area contributed by atoms with Gasteiger partial charge in [-0.25, -0.2) is 0 Å². The zero-order chi connectivity index (χ0) is 16.0. The number of carbonyl (C=O) groups excluding carboxylic acids is 2. The molecule has 0 aliphatic heterocycles. The number of carbonyl (C=O) groups is 2. The lowest BCUT2D eigenvalue weighted by atomic mass is 10.0. The van der Waals surface area contributed by atoms with Gasteiger partial charge in [-0.1, -0.05) is 0 Å². The highest BCUT2D eigenvalue weighted by atomic mass is 16.5. The number of hydrogen-bond acceptors (Lipinski definition) is 4. The second-order valence-electron chi connectivity index (χ2n) is 5.37. The Labute approximate surface area is 130 Å². The SMILES string of the molecule is COCCCNC(=O)C1(C(=O)Nc2ccc(OC)cc2)CC1. The van der Waals surface area contributed by atoms with Crippen molar-refractivity contribution < 1.29 is 19.1 Å². The monoisotopic (exact) mass is 306 g/mol. The summed E-state index contributed by atoms with van der Waals surface area (Å²) in [5.74, 6) is 0.270. The highest BCUT2D eigenvalue weighted by Gasteiger charge is 2.56. The molecule has 6 heteroatoms. The predicted molar refractivity (Wildman–Crippen MR) is 82.8 cm³/mol. The molecule has 1 aromatic carbocycles. The molecule has 0 heterocycles. The minimum Gasteiger partial charge on any atom is -0.497 e. The molecule has 2 amide bonds. The van der Waals surface area contributed by atoms with E-state index in [1.807, 2.05) is 0 Å². The van der Waals surface area contributed by atoms with Gasteiger partial charge < -0.3 is 20.1 Å². The minimum absolute atomic E-state index is 0.199. The number of benzene rings is 1. The van der Waals surface area contributed by atoms with Crippen LogP contribution >= 0.6 is 0 Å². The summed E-state index contributed by atoms with van der Waals surface area (Å²) in [6.07, 6.45) is 1.91. The molecule has 0 radical (unpaired) electrons. The van der Waals surface area contributed by atoms with E-state index in [2.05, 4.69) is 10.6 Å². The molecule has 0 atom stereocenters. The van der Waals surface area contributed by atoms with Crippen LogP contribution in [-0.4, -0.2) is 39.2 Å². The molecule has 2 rings (SSSR count). The maximum Gasteiger partial charge on any atom is 0.240 e. The van der Waals surface area contributed by atoms with Gasteiger partial charge in [0.25, 0.3) is 0 Å². The third kappa shape index (κ3) is 3.76. The molecule has 0 bridgehead atoms. The van der Waals surface area contributed by atoms with Crippen molar-refractivity contribution in [2.75, 3.05) is 32.7 Å². The van der Waals surface area contributed by atoms with E-state index < -0.39 is 5.41 Å². The van der Waals surface area contributed by atoms with Gasteiger partial charge in [0.1, 0.15) is 11.2 Å². The fourth-order valence-electron chi connectivity index (χ4n) is 2.19. The Bertz CT molecular complexity index is 523. The van der Waals surface area contributed by atoms with E-state index >= 15 is 0 Å². The van der Waals surface area contributed by atoms with Crippen molar-refractivity contribution in [3.05, 3.63) is 24.3 Å². The quantitative estimate of drug-likeness (QED) is 0.564. The van der Waals surface area contributed by atoms with Gasteiger partial charge in [0.05, 0.1) is 7.11 Å². The lowest BCUT2D eigenvalue weighted by Gasteiger charge is -2.15. The van der Waals surface area contributed by atoms with Crippen molar-refractivity contribution in [3.8, 4) is 5.75 Å². The number of anilines is 1. The third-order valence-corrected chi connectivity index (χ3v) is 3.78. The predicted octanol–water partition coefficient (Wildman–Crippen LogP) is 1.57. The average Bonchev–Trinajstić information content (AvgIpc) is 3.34. The van der Waals surface area contributed by atoms with E-state index in [0.717, 1.165) is 12.2 Å². The van der Waals surface area contributed by atoms with Gasteiger partial charge in [0, 0.05) is 25.9 Å². The van der Waals surface area contributed by atoms with Crippen LogP contribution in [0.3, 0.4) is 0 Å². The van der Waals surface area contributed by atoms with Crippen LogP contribution in [-0.2, 0) is 14.3 Å². The average molecular weight is 306 g/mol. The van der Waals surface area contributed by atoms with Crippen molar-refractivity contribution in [3.63, 3.8) is 0 Å². The van der Waals surface area contributed by atoms with Crippen molar-refractivity contribution in [1.29, 1.82) is 0 Å². The Morgan fingerprint density at radius 1 is 1.14 bits per heavy atom. The van der Waals surface area contributed by atoms with Crippen molar-refractivity contribution >= 4 is 17.5 Å². The van der Waals surface area contributed by atoms with Crippen molar-refractivity contribution in [1.82, 2.24) is 5.32 Å². The van der Waals surface area contributed by atoms with E-state index in [1.54, 1.807) is 38.5 Å². The summed E-state index contributed by atoms with van der Waals surface area (Å²) >= 11 is 0. The molecular formula is C16H22N2O4. The van der Waals surface area contributed by atoms with Gasteiger partial charge in [-0.15, -0.1) is 0 Å². The van der Waals surface area contributed by atoms with E-state index in [0.29, 0.717) is 31.7 Å². The first-order valence-corrected chi connectivity index (χ1v) is 7.35. The maximum atomic E-state index is 12.4. The molecule has 1 aliphatic rings. The smallest absolute Gasteiger partial charge is 0.240 e. The molecule has 6 nitrogen and oxygen atoms in total. The molecular weight excluding hydrogens is 284 g/mol. The molecule has 0 saturated heterocycles. The number of nitrogens with one attached hydrogen (secondary N) is 2. The van der Waals surface area contributed by atoms with Gasteiger partial charge in [-0.3, -0.25) is 9.59 Å². The third-order valence-electron chi connectivity index (χ3n) is 3.78. The maximum absolute atomic E-state index is 12.4. The number of rotatable bonds is 8. The standard InChI is InChI=1S/C16H22N2O4/c1-21-11-3-10-17-14(19)16(8-9-16)15(20)18-12-4-6-13(22-2)7-5-12/h4-7H,3,8-11H2,1-2H3,(H,17,19)(H,18,20). The molecule has 2 N–H and O–H groups in total. The molecule has 0 unspecified atom stereocenters. The molecule has 0 aromatic heterocycles. The van der Waals surface area contributed by atoms with E-state index in [9.17, 15) is 9.59 Å². The fourth-order valence-corrected chi connectivity index (χ4v) is 2.19. The van der Waals surface area contributed by atoms with Crippen LogP contribution in [0.4, 0.5) is 5.69 Å². The highest BCUT2D eigenvalue weighted by Crippen LogP contribution is 2.46. The van der Waals surface area contributed by atoms with Gasteiger partial charge in [-0.2, -0.15) is 0 Å². The van der Waals surface area contributed by atoms with Gasteiger partial charge >= 0.3 is 0 Å². The Balaban J connectivity index is 1.88. The summed E-state index contributed by atoms with van der Waals surface area (Å²) in [4.78, 5) is 24.5. The summed E-state index contributed by atoms with van der Waals surface area (Å²) in [6.45, 7) is 1.11. The molecule has 0 spiro atoms. The molecule has 1 aromatic rings. The summed E-state index contributed by atoms with van der Waals surface area (Å²) in [7, 11) is 3.20. The summed E-state index contributed by atoms with van der Waals surface area (Å²) in [5, 5.41) is 5.60. The lowest BCUT2D eigenvalue weighted by molar-refractivity contribution is -0.134. The zero-order valence-electron chi connectivity index (χ0n) is 13.0. The number of hydrogen-bond donors (Lipinski definition) is 2. The van der Waals surface area contributed by atoms with Crippen LogP contribution in [0.25, 0.3) is 0 Å². The van der Waals surface area contributed by atoms with Gasteiger partial charge in [-0.05, 0) is 43.5 Å². The first-order chi connectivity index (χ1) is 10.6. The van der Waals surface area contributed by atoms with Crippen LogP contribution in [0.15, 0.2) is 24.3 Å². The Kier molecular flexibility index (Phi) is 5.38. The minimum atomic E-state index is -0.910. The van der Waals surface area contributed by atoms with Gasteiger partial charge in [0.15, 0.2) is 0 Å². The van der Waals surface area contributed by atoms with Crippen LogP contribution in [0.1, 0.15) is 19.3 Å². The van der Waals surface area contributed by atoms with Crippen LogP contribution < -0.4 is 15.4 Å². The Morgan fingerprint density at radius 3 is 2.36 bits per heavy atom. The van der Waals surface area contributed by atoms with Gasteiger partial charge in [0.2, 0.25) is 11.8 Å². The first kappa shape index (κ1) is 16.3. The molecule has 22 heavy (non-hydrogen) atoms. The Hall–Kier alpha value is -2.08. The topological polar surface area (TPSA) is 76.7 Å². The molecule has 1 saturated carbocycles. The van der Waals surface area contributed by atoms with E-state index in [-0.39, 0.29) is 11.8 Å². The largest absolute Gasteiger partial charge is 0.497 e. The fraction of sp³-hybridized carbons (Fsp3) is 0.500. The van der Waals surface area contributed by atoms with E-state index in [4.69, 9.17) is 9.47 Å². The van der Waals surface area contributed by atoms with Crippen LogP contribution in [0.5, 0.6) is 5.75 Å². The molecule has 1 aliphatic carbocycles. The van der Waals surface area contributed by atoms with Crippen molar-refractivity contribution in [2.45, 2.75) is 19.3 Å². The first-order valence-electron chi connectivity index (χ1n) is 7.35. The van der Waals surface area contributed by atoms with Crippen molar-refractivity contribution in [2.24, 2.45) is 5.41 Å². The van der Waals surface area contributed by atoms with Crippen LogP contribution in [0.2, 0.25) is 0 Å². The highest BCUT2D eigenvalue weighted by molar-refractivity contribution is 6.13. The second kappa shape index (κ2) is 7.26. The second-order valence-corrected chi connectivity index (χ2v) is 5.37. The molecule has 1 fully saturated rings. The normalized spacial score (nSPS) is 15.0. The number of methoxy groups -OCH3 is 2. The molecule has 120 valence electrons. The zero-order valence-corrected chi connectivity index (χ0v) is 13.0. The number of amides is 2. The van der Waals surface area contributed by atoms with Crippen LogP contribution in [0, 0.1) is 5.41 Å². The Morgan fingerprint density at radius 2 is 1.82 bits per heavy atom.